The first-order chi connectivity index (χ1) is 7.46. The number of ether oxygens (including phenoxy) is 1. The highest BCUT2D eigenvalue weighted by atomic mass is 16.5. The second-order valence-corrected chi connectivity index (χ2v) is 6.28. The summed E-state index contributed by atoms with van der Waals surface area (Å²) in [5.41, 5.74) is 6.06. The van der Waals surface area contributed by atoms with Gasteiger partial charge in [0.25, 0.3) is 0 Å². The van der Waals surface area contributed by atoms with E-state index in [0.717, 1.165) is 25.3 Å². The highest BCUT2D eigenvalue weighted by Gasteiger charge is 2.33. The molecule has 0 radical (unpaired) electrons. The third kappa shape index (κ3) is 4.42. The van der Waals surface area contributed by atoms with Gasteiger partial charge in [-0.2, -0.15) is 0 Å². The van der Waals surface area contributed by atoms with Crippen LogP contribution in [0.5, 0.6) is 0 Å². The molecular weight excluding hydrogens is 198 g/mol. The average Bonchev–Trinajstić information content (AvgIpc) is 2.13. The number of hydrogen-bond acceptors (Lipinski definition) is 2. The second kappa shape index (κ2) is 6.02. The quantitative estimate of drug-likeness (QED) is 0.781. The molecule has 1 rings (SSSR count). The van der Waals surface area contributed by atoms with Gasteiger partial charge in [-0.05, 0) is 50.0 Å². The van der Waals surface area contributed by atoms with Crippen molar-refractivity contribution in [3.05, 3.63) is 0 Å². The van der Waals surface area contributed by atoms with Gasteiger partial charge in [0, 0.05) is 0 Å². The summed E-state index contributed by atoms with van der Waals surface area (Å²) in [6.07, 6.45) is 6.68. The molecule has 0 spiro atoms. The van der Waals surface area contributed by atoms with Crippen molar-refractivity contribution >= 4 is 0 Å². The maximum Gasteiger partial charge on any atom is 0.0588 e. The van der Waals surface area contributed by atoms with Crippen LogP contribution in [-0.2, 0) is 4.74 Å². The van der Waals surface area contributed by atoms with Crippen molar-refractivity contribution in [3.63, 3.8) is 0 Å². The minimum absolute atomic E-state index is 0.371. The van der Waals surface area contributed by atoms with Gasteiger partial charge in [0.2, 0.25) is 0 Å². The predicted molar refractivity (Wildman–Crippen MR) is 69.4 cm³/mol. The Morgan fingerprint density at radius 2 is 2.06 bits per heavy atom. The Labute approximate surface area is 101 Å². The Balaban J connectivity index is 2.46. The lowest BCUT2D eigenvalue weighted by Crippen LogP contribution is -2.35. The molecule has 0 aromatic heterocycles. The molecule has 1 aliphatic rings. The molecule has 0 heterocycles. The maximum atomic E-state index is 6.21. The summed E-state index contributed by atoms with van der Waals surface area (Å²) in [6.45, 7) is 10.0. The van der Waals surface area contributed by atoms with E-state index in [0.29, 0.717) is 17.6 Å². The fourth-order valence-corrected chi connectivity index (χ4v) is 3.19. The van der Waals surface area contributed by atoms with Crippen LogP contribution in [-0.4, -0.2) is 18.8 Å². The van der Waals surface area contributed by atoms with Gasteiger partial charge in [-0.1, -0.05) is 27.7 Å². The van der Waals surface area contributed by atoms with Crippen molar-refractivity contribution in [2.45, 2.75) is 72.0 Å². The van der Waals surface area contributed by atoms with Crippen molar-refractivity contribution in [2.24, 2.45) is 17.1 Å². The minimum atomic E-state index is 0.371. The summed E-state index contributed by atoms with van der Waals surface area (Å²) in [7, 11) is 0. The summed E-state index contributed by atoms with van der Waals surface area (Å²) >= 11 is 0. The van der Waals surface area contributed by atoms with Gasteiger partial charge in [-0.3, -0.25) is 0 Å². The van der Waals surface area contributed by atoms with Crippen molar-refractivity contribution in [1.82, 2.24) is 0 Å². The molecule has 2 heteroatoms. The van der Waals surface area contributed by atoms with Gasteiger partial charge < -0.3 is 10.5 Å². The predicted octanol–water partition coefficient (Wildman–Crippen LogP) is 3.35. The van der Waals surface area contributed by atoms with E-state index in [1.807, 2.05) is 0 Å². The van der Waals surface area contributed by atoms with Crippen molar-refractivity contribution in [1.29, 1.82) is 0 Å². The van der Waals surface area contributed by atoms with E-state index in [4.69, 9.17) is 10.5 Å². The van der Waals surface area contributed by atoms with Crippen LogP contribution in [0.3, 0.4) is 0 Å². The van der Waals surface area contributed by atoms with E-state index < -0.39 is 0 Å². The van der Waals surface area contributed by atoms with E-state index in [9.17, 15) is 0 Å². The number of nitrogens with two attached hydrogens (primary N) is 1. The highest BCUT2D eigenvalue weighted by Crippen LogP contribution is 2.40. The van der Waals surface area contributed by atoms with Crippen molar-refractivity contribution in [3.8, 4) is 0 Å². The molecular formula is C14H29NO. The lowest BCUT2D eigenvalue weighted by molar-refractivity contribution is -0.0680. The van der Waals surface area contributed by atoms with Crippen LogP contribution in [0.2, 0.25) is 0 Å². The Kier molecular flexibility index (Phi) is 5.26. The third-order valence-electron chi connectivity index (χ3n) is 3.68. The van der Waals surface area contributed by atoms with Crippen LogP contribution in [0.15, 0.2) is 0 Å². The molecule has 0 aromatic carbocycles. The first-order valence-electron chi connectivity index (χ1n) is 6.82. The Morgan fingerprint density at radius 3 is 2.56 bits per heavy atom. The van der Waals surface area contributed by atoms with Crippen LogP contribution >= 0.6 is 0 Å². The first kappa shape index (κ1) is 14.0. The van der Waals surface area contributed by atoms with Gasteiger partial charge in [0.05, 0.1) is 12.2 Å². The number of hydrogen-bond donors (Lipinski definition) is 1. The third-order valence-corrected chi connectivity index (χ3v) is 3.68. The normalized spacial score (nSPS) is 31.3. The van der Waals surface area contributed by atoms with E-state index >= 15 is 0 Å². The molecule has 0 amide bonds. The standard InChI is InChI=1S/C14H29NO/c1-5-12(6-7-15)16-13-8-11(2)9-14(3,4)10-13/h11-13H,5-10,15H2,1-4H3. The Bertz CT molecular complexity index is 203. The van der Waals surface area contributed by atoms with E-state index in [2.05, 4.69) is 27.7 Å². The molecule has 1 fully saturated rings. The molecule has 1 aliphatic carbocycles. The fraction of sp³-hybridized carbons (Fsp3) is 1.00. The molecule has 0 bridgehead atoms. The summed E-state index contributed by atoms with van der Waals surface area (Å²) in [4.78, 5) is 0. The molecule has 1 saturated carbocycles. The molecule has 0 saturated heterocycles. The van der Waals surface area contributed by atoms with Crippen LogP contribution in [0.1, 0.15) is 59.8 Å². The van der Waals surface area contributed by atoms with Crippen molar-refractivity contribution in [2.75, 3.05) is 6.54 Å². The monoisotopic (exact) mass is 227 g/mol. The summed E-state index contributed by atoms with van der Waals surface area (Å²) in [6, 6.07) is 0. The Hall–Kier alpha value is -0.0800. The van der Waals surface area contributed by atoms with Gasteiger partial charge in [0.1, 0.15) is 0 Å². The zero-order valence-corrected chi connectivity index (χ0v) is 11.5. The maximum absolute atomic E-state index is 6.21. The SMILES string of the molecule is CCC(CCN)OC1CC(C)CC(C)(C)C1. The fourth-order valence-electron chi connectivity index (χ4n) is 3.19. The van der Waals surface area contributed by atoms with E-state index in [1.54, 1.807) is 0 Å². The van der Waals surface area contributed by atoms with E-state index in [1.165, 1.54) is 19.3 Å². The molecule has 3 unspecified atom stereocenters. The topological polar surface area (TPSA) is 35.2 Å². The molecule has 0 aliphatic heterocycles. The largest absolute Gasteiger partial charge is 0.375 e. The van der Waals surface area contributed by atoms with Crippen LogP contribution in [0.25, 0.3) is 0 Å². The van der Waals surface area contributed by atoms with E-state index in [-0.39, 0.29) is 0 Å². The van der Waals surface area contributed by atoms with Crippen LogP contribution in [0.4, 0.5) is 0 Å². The number of rotatable bonds is 5. The summed E-state index contributed by atoms with van der Waals surface area (Å²) < 4.78 is 6.21. The molecule has 2 nitrogen and oxygen atoms in total. The lowest BCUT2D eigenvalue weighted by atomic mass is 9.71. The second-order valence-electron chi connectivity index (χ2n) is 6.28. The highest BCUT2D eigenvalue weighted by molar-refractivity contribution is 4.84. The minimum Gasteiger partial charge on any atom is -0.375 e. The van der Waals surface area contributed by atoms with Gasteiger partial charge in [0.15, 0.2) is 0 Å². The zero-order chi connectivity index (χ0) is 12.2. The van der Waals surface area contributed by atoms with Gasteiger partial charge in [-0.25, -0.2) is 0 Å². The van der Waals surface area contributed by atoms with Crippen LogP contribution in [0, 0.1) is 11.3 Å². The molecule has 96 valence electrons. The van der Waals surface area contributed by atoms with Gasteiger partial charge >= 0.3 is 0 Å². The molecule has 2 N–H and O–H groups in total. The molecule has 16 heavy (non-hydrogen) atoms. The smallest absolute Gasteiger partial charge is 0.0588 e. The summed E-state index contributed by atoms with van der Waals surface area (Å²) in [5, 5.41) is 0. The van der Waals surface area contributed by atoms with Crippen LogP contribution < -0.4 is 5.73 Å². The lowest BCUT2D eigenvalue weighted by Gasteiger charge is -2.40. The zero-order valence-electron chi connectivity index (χ0n) is 11.5. The molecule has 3 atom stereocenters. The van der Waals surface area contributed by atoms with Gasteiger partial charge in [-0.15, -0.1) is 0 Å². The Morgan fingerprint density at radius 1 is 1.38 bits per heavy atom. The molecule has 0 aromatic rings. The first-order valence-corrected chi connectivity index (χ1v) is 6.82. The van der Waals surface area contributed by atoms with Crippen molar-refractivity contribution < 1.29 is 4.74 Å². The summed E-state index contributed by atoms with van der Waals surface area (Å²) in [5.74, 6) is 0.795. The average molecular weight is 227 g/mol.